The van der Waals surface area contributed by atoms with Crippen LogP contribution in [0, 0.1) is 0 Å². The first-order valence-electron chi connectivity index (χ1n) is 6.99. The third kappa shape index (κ3) is 11.2. The van der Waals surface area contributed by atoms with Crippen molar-refractivity contribution >= 4 is 22.6 Å². The molecule has 1 unspecified atom stereocenters. The summed E-state index contributed by atoms with van der Waals surface area (Å²) in [5.74, 6) is 0. The minimum absolute atomic E-state index is 0.724. The van der Waals surface area contributed by atoms with Crippen molar-refractivity contribution in [1.82, 2.24) is 4.90 Å². The lowest BCUT2D eigenvalue weighted by molar-refractivity contribution is 0.372. The van der Waals surface area contributed by atoms with Crippen LogP contribution in [0.15, 0.2) is 0 Å². The molecule has 98 valence electrons. The Morgan fingerprint density at radius 3 is 1.69 bits per heavy atom. The van der Waals surface area contributed by atoms with Gasteiger partial charge < -0.3 is 0 Å². The summed E-state index contributed by atoms with van der Waals surface area (Å²) >= 11 is 2.54. The molecule has 0 aliphatic carbocycles. The first-order chi connectivity index (χ1) is 7.68. The molecule has 1 nitrogen and oxygen atoms in total. The molecule has 0 aliphatic heterocycles. The van der Waals surface area contributed by atoms with Crippen LogP contribution >= 0.6 is 22.6 Å². The second-order valence-corrected chi connectivity index (χ2v) is 6.45. The third-order valence-corrected chi connectivity index (χ3v) is 4.84. The van der Waals surface area contributed by atoms with E-state index >= 15 is 0 Å². The van der Waals surface area contributed by atoms with Gasteiger partial charge in [0.1, 0.15) is 0 Å². The first-order valence-corrected chi connectivity index (χ1v) is 8.23. The summed E-state index contributed by atoms with van der Waals surface area (Å²) in [4.78, 5) is 2.31. The fraction of sp³-hybridized carbons (Fsp3) is 1.00. The highest BCUT2D eigenvalue weighted by Crippen LogP contribution is 2.15. The van der Waals surface area contributed by atoms with Crippen molar-refractivity contribution in [3.05, 3.63) is 0 Å². The number of unbranched alkanes of at least 4 members (excludes halogenated alkanes) is 8. The number of hydrogen-bond acceptors (Lipinski definition) is 1. The molecule has 0 radical (unpaired) electrons. The Kier molecular flexibility index (Phi) is 12.7. The average Bonchev–Trinajstić information content (AvgIpc) is 2.26. The normalized spacial score (nSPS) is 13.3. The van der Waals surface area contributed by atoms with Gasteiger partial charge in [-0.15, -0.1) is 0 Å². The lowest BCUT2D eigenvalue weighted by Gasteiger charge is -2.17. The zero-order valence-electron chi connectivity index (χ0n) is 11.5. The zero-order valence-corrected chi connectivity index (χ0v) is 13.6. The summed E-state index contributed by atoms with van der Waals surface area (Å²) in [5.41, 5.74) is 0. The Hall–Kier alpha value is 0.690. The van der Waals surface area contributed by atoms with E-state index in [1.807, 2.05) is 0 Å². The van der Waals surface area contributed by atoms with Crippen LogP contribution in [0.2, 0.25) is 0 Å². The molecule has 0 aromatic carbocycles. The van der Waals surface area contributed by atoms with Crippen LogP contribution in [0.25, 0.3) is 0 Å². The number of hydrogen-bond donors (Lipinski definition) is 0. The predicted octanol–water partition coefficient (Wildman–Crippen LogP) is 5.23. The fourth-order valence-electron chi connectivity index (χ4n) is 1.88. The van der Waals surface area contributed by atoms with Gasteiger partial charge in [-0.25, -0.2) is 0 Å². The van der Waals surface area contributed by atoms with E-state index in [0.717, 1.165) is 4.05 Å². The van der Waals surface area contributed by atoms with Gasteiger partial charge >= 0.3 is 0 Å². The van der Waals surface area contributed by atoms with E-state index in [1.54, 1.807) is 0 Å². The highest BCUT2D eigenvalue weighted by Gasteiger charge is 2.04. The number of rotatable bonds is 11. The summed E-state index contributed by atoms with van der Waals surface area (Å²) in [6.07, 6.45) is 14.3. The van der Waals surface area contributed by atoms with Crippen molar-refractivity contribution in [3.63, 3.8) is 0 Å². The van der Waals surface area contributed by atoms with Gasteiger partial charge in [-0.05, 0) is 20.5 Å². The second-order valence-electron chi connectivity index (χ2n) is 5.02. The van der Waals surface area contributed by atoms with Gasteiger partial charge in [-0.1, -0.05) is 87.3 Å². The maximum atomic E-state index is 2.54. The van der Waals surface area contributed by atoms with Crippen LogP contribution < -0.4 is 0 Å². The van der Waals surface area contributed by atoms with Crippen molar-refractivity contribution < 1.29 is 0 Å². The van der Waals surface area contributed by atoms with Gasteiger partial charge in [-0.3, -0.25) is 4.90 Å². The zero-order chi connectivity index (χ0) is 12.2. The quantitative estimate of drug-likeness (QED) is 0.216. The molecule has 0 aliphatic rings. The minimum atomic E-state index is 0.724. The van der Waals surface area contributed by atoms with Crippen LogP contribution in [0.3, 0.4) is 0 Å². The SMILES string of the molecule is CCCCCCCCCCCC(I)N(C)C. The van der Waals surface area contributed by atoms with Crippen LogP contribution in [-0.4, -0.2) is 23.0 Å². The lowest BCUT2D eigenvalue weighted by atomic mass is 10.1. The molecular weight excluding hydrogens is 309 g/mol. The molecule has 2 heteroatoms. The third-order valence-electron chi connectivity index (χ3n) is 3.11. The molecule has 0 fully saturated rings. The molecule has 0 aromatic heterocycles. The van der Waals surface area contributed by atoms with Crippen LogP contribution in [0.1, 0.15) is 71.1 Å². The smallest absolute Gasteiger partial charge is 0.0613 e. The first kappa shape index (κ1) is 16.7. The summed E-state index contributed by atoms with van der Waals surface area (Å²) in [7, 11) is 4.34. The van der Waals surface area contributed by atoms with E-state index in [0.29, 0.717) is 0 Å². The summed E-state index contributed by atoms with van der Waals surface area (Å²) in [5, 5.41) is 0. The van der Waals surface area contributed by atoms with E-state index < -0.39 is 0 Å². The monoisotopic (exact) mass is 339 g/mol. The highest BCUT2D eigenvalue weighted by atomic mass is 127. The van der Waals surface area contributed by atoms with Gasteiger partial charge in [0.15, 0.2) is 0 Å². The highest BCUT2D eigenvalue weighted by molar-refractivity contribution is 14.1. The molecule has 0 heterocycles. The van der Waals surface area contributed by atoms with E-state index in [-0.39, 0.29) is 0 Å². The summed E-state index contributed by atoms with van der Waals surface area (Å²) in [6, 6.07) is 0. The van der Waals surface area contributed by atoms with Gasteiger partial charge in [0, 0.05) is 0 Å². The van der Waals surface area contributed by atoms with E-state index in [4.69, 9.17) is 0 Å². The molecule has 0 aromatic rings. The van der Waals surface area contributed by atoms with Crippen molar-refractivity contribution in [2.45, 2.75) is 75.2 Å². The molecule has 0 saturated heterocycles. The van der Waals surface area contributed by atoms with E-state index in [1.165, 1.54) is 64.2 Å². The maximum Gasteiger partial charge on any atom is 0.0613 e. The molecule has 0 rings (SSSR count). The second kappa shape index (κ2) is 12.2. The molecule has 1 atom stereocenters. The van der Waals surface area contributed by atoms with E-state index in [9.17, 15) is 0 Å². The Labute approximate surface area is 117 Å². The Bertz CT molecular complexity index is 137. The van der Waals surface area contributed by atoms with Crippen molar-refractivity contribution in [2.75, 3.05) is 14.1 Å². The lowest BCUT2D eigenvalue weighted by Crippen LogP contribution is -2.21. The van der Waals surface area contributed by atoms with Crippen LogP contribution in [0.5, 0.6) is 0 Å². The molecule has 16 heavy (non-hydrogen) atoms. The van der Waals surface area contributed by atoms with Gasteiger partial charge in [-0.2, -0.15) is 0 Å². The van der Waals surface area contributed by atoms with Gasteiger partial charge in [0.2, 0.25) is 0 Å². The van der Waals surface area contributed by atoms with Gasteiger partial charge in [0.05, 0.1) is 4.05 Å². The fourth-order valence-corrected chi connectivity index (χ4v) is 2.32. The number of halogens is 1. The standard InChI is InChI=1S/C14H30IN/c1-4-5-6-7-8-9-10-11-12-13-14(15)16(2)3/h14H,4-13H2,1-3H3. The molecule has 0 amide bonds. The number of alkyl halides is 1. The van der Waals surface area contributed by atoms with Crippen LogP contribution in [0.4, 0.5) is 0 Å². The number of nitrogens with zero attached hydrogens (tertiary/aromatic N) is 1. The largest absolute Gasteiger partial charge is 0.298 e. The molecular formula is C14H30IN. The van der Waals surface area contributed by atoms with E-state index in [2.05, 4.69) is 48.5 Å². The molecule has 0 spiro atoms. The summed E-state index contributed by atoms with van der Waals surface area (Å²) < 4.78 is 0.724. The topological polar surface area (TPSA) is 3.24 Å². The Morgan fingerprint density at radius 1 is 0.812 bits per heavy atom. The van der Waals surface area contributed by atoms with Crippen molar-refractivity contribution in [1.29, 1.82) is 0 Å². The summed E-state index contributed by atoms with van der Waals surface area (Å²) in [6.45, 7) is 2.28. The van der Waals surface area contributed by atoms with Gasteiger partial charge in [0.25, 0.3) is 0 Å². The molecule has 0 saturated carbocycles. The minimum Gasteiger partial charge on any atom is -0.298 e. The van der Waals surface area contributed by atoms with Crippen molar-refractivity contribution in [2.24, 2.45) is 0 Å². The van der Waals surface area contributed by atoms with Crippen molar-refractivity contribution in [3.8, 4) is 0 Å². The molecule has 0 bridgehead atoms. The Morgan fingerprint density at radius 2 is 1.25 bits per heavy atom. The molecule has 0 N–H and O–H groups in total. The Balaban J connectivity index is 3.04. The van der Waals surface area contributed by atoms with Crippen LogP contribution in [-0.2, 0) is 0 Å². The maximum absolute atomic E-state index is 2.54. The average molecular weight is 339 g/mol. The predicted molar refractivity (Wildman–Crippen MR) is 83.3 cm³/mol.